The molecule has 3 aromatic rings. The highest BCUT2D eigenvalue weighted by atomic mass is 32.2. The third kappa shape index (κ3) is 3.03. The van der Waals surface area contributed by atoms with Gasteiger partial charge in [-0.05, 0) is 25.0 Å². The third-order valence-electron chi connectivity index (χ3n) is 5.03. The number of carbonyl (C=O) groups is 1. The van der Waals surface area contributed by atoms with E-state index in [0.29, 0.717) is 37.3 Å². The Morgan fingerprint density at radius 2 is 2.04 bits per heavy atom. The zero-order valence-corrected chi connectivity index (χ0v) is 16.3. The smallest absolute Gasteiger partial charge is 0.289 e. The fourth-order valence-electron chi connectivity index (χ4n) is 3.51. The fraction of sp³-hybridized carbons (Fsp3) is 0.389. The van der Waals surface area contributed by atoms with Gasteiger partial charge in [0.25, 0.3) is 5.91 Å². The Balaban J connectivity index is 1.50. The van der Waals surface area contributed by atoms with E-state index in [4.69, 9.17) is 9.15 Å². The summed E-state index contributed by atoms with van der Waals surface area (Å²) in [5.74, 6) is 0.520. The number of methoxy groups -OCH3 is 1. The summed E-state index contributed by atoms with van der Waals surface area (Å²) in [5.41, 5.74) is 0.521. The fourth-order valence-corrected chi connectivity index (χ4v) is 5.25. The SMILES string of the molecule is COc1cccc2cc(C(=O)N3CCC(S(=O)(=O)c4nncn4C)CC3)oc12. The lowest BCUT2D eigenvalue weighted by molar-refractivity contribution is 0.0695. The molecule has 0 saturated carbocycles. The van der Waals surface area contributed by atoms with Gasteiger partial charge in [-0.1, -0.05) is 12.1 Å². The van der Waals surface area contributed by atoms with Crippen LogP contribution >= 0.6 is 0 Å². The van der Waals surface area contributed by atoms with Gasteiger partial charge in [-0.25, -0.2) is 8.42 Å². The third-order valence-corrected chi connectivity index (χ3v) is 7.26. The van der Waals surface area contributed by atoms with Crippen molar-refractivity contribution in [3.63, 3.8) is 0 Å². The van der Waals surface area contributed by atoms with Crippen molar-refractivity contribution in [1.82, 2.24) is 19.7 Å². The van der Waals surface area contributed by atoms with Crippen LogP contribution in [0.15, 0.2) is 40.2 Å². The van der Waals surface area contributed by atoms with E-state index in [9.17, 15) is 13.2 Å². The van der Waals surface area contributed by atoms with Gasteiger partial charge in [-0.3, -0.25) is 4.79 Å². The van der Waals surface area contributed by atoms with E-state index in [1.54, 1.807) is 31.2 Å². The maximum absolute atomic E-state index is 12.8. The van der Waals surface area contributed by atoms with E-state index in [-0.39, 0.29) is 16.8 Å². The molecule has 1 saturated heterocycles. The topological polar surface area (TPSA) is 108 Å². The van der Waals surface area contributed by atoms with Crippen molar-refractivity contribution in [1.29, 1.82) is 0 Å². The summed E-state index contributed by atoms with van der Waals surface area (Å²) in [5, 5.41) is 7.52. The highest BCUT2D eigenvalue weighted by molar-refractivity contribution is 7.91. The minimum atomic E-state index is -3.58. The second-order valence-electron chi connectivity index (χ2n) is 6.75. The number of nitrogens with zero attached hydrogens (tertiary/aromatic N) is 4. The average molecular weight is 404 g/mol. The molecule has 0 spiro atoms. The first kappa shape index (κ1) is 18.5. The Morgan fingerprint density at radius 1 is 1.29 bits per heavy atom. The van der Waals surface area contributed by atoms with Crippen molar-refractivity contribution in [3.8, 4) is 5.75 Å². The standard InChI is InChI=1S/C18H20N4O5S/c1-21-11-19-20-18(21)28(24,25)13-6-8-22(9-7-13)17(23)15-10-12-4-3-5-14(26-2)16(12)27-15/h3-5,10-11,13H,6-9H2,1-2H3. The highest BCUT2D eigenvalue weighted by Crippen LogP contribution is 2.30. The van der Waals surface area contributed by atoms with Crippen LogP contribution in [0.2, 0.25) is 0 Å². The van der Waals surface area contributed by atoms with Crippen molar-refractivity contribution in [3.05, 3.63) is 36.4 Å². The Hall–Kier alpha value is -2.88. The molecular formula is C18H20N4O5S. The maximum atomic E-state index is 12.8. The Bertz CT molecular complexity index is 1130. The molecule has 0 atom stereocenters. The lowest BCUT2D eigenvalue weighted by Crippen LogP contribution is -2.42. The summed E-state index contributed by atoms with van der Waals surface area (Å²) in [6.45, 7) is 0.656. The Labute approximate surface area is 161 Å². The normalized spacial score (nSPS) is 15.9. The first-order chi connectivity index (χ1) is 13.4. The average Bonchev–Trinajstić information content (AvgIpc) is 3.33. The van der Waals surface area contributed by atoms with Gasteiger partial charge < -0.3 is 18.6 Å². The van der Waals surface area contributed by atoms with Gasteiger partial charge in [0.2, 0.25) is 15.0 Å². The lowest BCUT2D eigenvalue weighted by atomic mass is 10.1. The second-order valence-corrected chi connectivity index (χ2v) is 8.87. The number of para-hydroxylation sites is 1. The van der Waals surface area contributed by atoms with Crippen LogP contribution in [-0.2, 0) is 16.9 Å². The summed E-state index contributed by atoms with van der Waals surface area (Å²) in [4.78, 5) is 14.4. The zero-order chi connectivity index (χ0) is 19.9. The molecule has 0 N–H and O–H groups in total. The number of carbonyl (C=O) groups excluding carboxylic acids is 1. The zero-order valence-electron chi connectivity index (χ0n) is 15.5. The van der Waals surface area contributed by atoms with Gasteiger partial charge in [-0.15, -0.1) is 10.2 Å². The molecule has 148 valence electrons. The number of aromatic nitrogens is 3. The summed E-state index contributed by atoms with van der Waals surface area (Å²) in [6, 6.07) is 7.12. The van der Waals surface area contributed by atoms with E-state index in [0.717, 1.165) is 5.39 Å². The molecule has 9 nitrogen and oxygen atoms in total. The molecule has 1 amide bonds. The lowest BCUT2D eigenvalue weighted by Gasteiger charge is -2.30. The number of aryl methyl sites for hydroxylation is 1. The molecule has 10 heteroatoms. The Morgan fingerprint density at radius 3 is 2.68 bits per heavy atom. The van der Waals surface area contributed by atoms with Gasteiger partial charge in [-0.2, -0.15) is 0 Å². The van der Waals surface area contributed by atoms with Crippen LogP contribution < -0.4 is 4.74 Å². The largest absolute Gasteiger partial charge is 0.493 e. The number of benzene rings is 1. The number of furan rings is 1. The molecular weight excluding hydrogens is 384 g/mol. The predicted molar refractivity (Wildman–Crippen MR) is 99.9 cm³/mol. The molecule has 0 unspecified atom stereocenters. The van der Waals surface area contributed by atoms with Crippen LogP contribution in [0.5, 0.6) is 5.75 Å². The van der Waals surface area contributed by atoms with Crippen molar-refractivity contribution in [2.24, 2.45) is 7.05 Å². The monoisotopic (exact) mass is 404 g/mol. The van der Waals surface area contributed by atoms with E-state index in [2.05, 4.69) is 10.2 Å². The highest BCUT2D eigenvalue weighted by Gasteiger charge is 2.36. The molecule has 3 heterocycles. The van der Waals surface area contributed by atoms with Gasteiger partial charge >= 0.3 is 0 Å². The van der Waals surface area contributed by atoms with Crippen molar-refractivity contribution in [2.45, 2.75) is 23.2 Å². The predicted octanol–water partition coefficient (Wildman–Crippen LogP) is 1.65. The number of rotatable bonds is 4. The van der Waals surface area contributed by atoms with Crippen LogP contribution in [0.3, 0.4) is 0 Å². The minimum absolute atomic E-state index is 0.0401. The van der Waals surface area contributed by atoms with E-state index < -0.39 is 15.1 Å². The minimum Gasteiger partial charge on any atom is -0.493 e. The van der Waals surface area contributed by atoms with E-state index >= 15 is 0 Å². The molecule has 4 rings (SSSR count). The number of likely N-dealkylation sites (tertiary alicyclic amines) is 1. The van der Waals surface area contributed by atoms with Crippen LogP contribution in [0, 0.1) is 0 Å². The summed E-state index contributed by atoms with van der Waals surface area (Å²) >= 11 is 0. The molecule has 1 aromatic carbocycles. The molecule has 0 radical (unpaired) electrons. The molecule has 0 aliphatic carbocycles. The summed E-state index contributed by atoms with van der Waals surface area (Å²) < 4.78 is 37.9. The number of fused-ring (bicyclic) bond motifs is 1. The van der Waals surface area contributed by atoms with Crippen molar-refractivity contribution < 1.29 is 22.4 Å². The molecule has 0 bridgehead atoms. The van der Waals surface area contributed by atoms with Gasteiger partial charge in [0, 0.05) is 25.5 Å². The summed E-state index contributed by atoms with van der Waals surface area (Å²) in [6.07, 6.45) is 2.04. The molecule has 28 heavy (non-hydrogen) atoms. The number of hydrogen-bond acceptors (Lipinski definition) is 7. The molecule has 1 aliphatic heterocycles. The van der Waals surface area contributed by atoms with Gasteiger partial charge in [0.15, 0.2) is 17.1 Å². The van der Waals surface area contributed by atoms with Crippen LogP contribution in [0.4, 0.5) is 0 Å². The molecule has 1 fully saturated rings. The van der Waals surface area contributed by atoms with Crippen molar-refractivity contribution in [2.75, 3.05) is 20.2 Å². The van der Waals surface area contributed by atoms with Crippen LogP contribution in [0.1, 0.15) is 23.4 Å². The van der Waals surface area contributed by atoms with Crippen LogP contribution in [0.25, 0.3) is 11.0 Å². The quantitative estimate of drug-likeness (QED) is 0.650. The second kappa shape index (κ2) is 6.93. The Kier molecular flexibility index (Phi) is 4.58. The number of hydrogen-bond donors (Lipinski definition) is 0. The van der Waals surface area contributed by atoms with Crippen molar-refractivity contribution >= 4 is 26.7 Å². The first-order valence-corrected chi connectivity index (χ1v) is 10.4. The first-order valence-electron chi connectivity index (χ1n) is 8.85. The van der Waals surface area contributed by atoms with Gasteiger partial charge in [0.05, 0.1) is 12.4 Å². The molecule has 2 aromatic heterocycles. The summed E-state index contributed by atoms with van der Waals surface area (Å²) in [7, 11) is -0.440. The maximum Gasteiger partial charge on any atom is 0.289 e. The van der Waals surface area contributed by atoms with Crippen LogP contribution in [-0.4, -0.2) is 59.4 Å². The van der Waals surface area contributed by atoms with E-state index in [1.807, 2.05) is 12.1 Å². The van der Waals surface area contributed by atoms with Gasteiger partial charge in [0.1, 0.15) is 6.33 Å². The number of sulfone groups is 1. The number of piperidine rings is 1. The number of ether oxygens (including phenoxy) is 1. The molecule has 1 aliphatic rings. The van der Waals surface area contributed by atoms with E-state index in [1.165, 1.54) is 10.9 Å². The number of amides is 1.